The third kappa shape index (κ3) is 3.64. The van der Waals surface area contributed by atoms with E-state index in [-0.39, 0.29) is 54.3 Å². The number of fused-ring (bicyclic) bond motifs is 3. The summed E-state index contributed by atoms with van der Waals surface area (Å²) in [7, 11) is 1.29. The molecular weight excluding hydrogens is 542 g/mol. The van der Waals surface area contributed by atoms with Crippen LogP contribution in [0.2, 0.25) is 0 Å². The molecule has 0 spiro atoms. The van der Waals surface area contributed by atoms with Crippen molar-refractivity contribution in [1.29, 1.82) is 0 Å². The van der Waals surface area contributed by atoms with E-state index in [0.717, 1.165) is 17.2 Å². The lowest BCUT2D eigenvalue weighted by molar-refractivity contribution is 0.0669. The van der Waals surface area contributed by atoms with Crippen molar-refractivity contribution in [2.24, 2.45) is 11.1 Å². The molecule has 0 radical (unpaired) electrons. The maximum Gasteiger partial charge on any atom is 0.341 e. The molecular formula is C28H22F2N4O7. The number of hydrogen-bond acceptors (Lipinski definition) is 8. The molecule has 4 heterocycles. The molecule has 1 aliphatic carbocycles. The fourth-order valence-corrected chi connectivity index (χ4v) is 6.06. The summed E-state index contributed by atoms with van der Waals surface area (Å²) < 4.78 is 36.9. The van der Waals surface area contributed by atoms with Crippen LogP contribution in [0, 0.1) is 11.7 Å². The Labute approximate surface area is 230 Å². The van der Waals surface area contributed by atoms with E-state index in [1.54, 1.807) is 29.2 Å². The Kier molecular flexibility index (Phi) is 5.43. The van der Waals surface area contributed by atoms with E-state index in [0.29, 0.717) is 16.8 Å². The van der Waals surface area contributed by atoms with E-state index >= 15 is 4.39 Å². The molecule has 210 valence electrons. The average molecular weight is 565 g/mol. The van der Waals surface area contributed by atoms with Gasteiger partial charge in [-0.3, -0.25) is 19.3 Å². The summed E-state index contributed by atoms with van der Waals surface area (Å²) in [4.78, 5) is 58.8. The lowest BCUT2D eigenvalue weighted by Crippen LogP contribution is -2.38. The zero-order valence-electron chi connectivity index (χ0n) is 21.5. The summed E-state index contributed by atoms with van der Waals surface area (Å²) in [6, 6.07) is 6.77. The lowest BCUT2D eigenvalue weighted by atomic mass is 10.0. The molecule has 2 fully saturated rings. The number of halogens is 2. The quantitative estimate of drug-likeness (QED) is 0.453. The highest BCUT2D eigenvalue weighted by atomic mass is 19.1. The minimum Gasteiger partial charge on any atom is -0.492 e. The molecule has 3 aliphatic heterocycles. The van der Waals surface area contributed by atoms with Gasteiger partial charge in [0.05, 0.1) is 59.9 Å². The predicted octanol–water partition coefficient (Wildman–Crippen LogP) is 2.62. The summed E-state index contributed by atoms with van der Waals surface area (Å²) >= 11 is 0. The number of alkyl halides is 1. The van der Waals surface area contributed by atoms with Crippen LogP contribution in [0.15, 0.2) is 46.5 Å². The molecule has 2 aromatic carbocycles. The molecule has 2 amide bonds. The largest absolute Gasteiger partial charge is 0.492 e. The average Bonchev–Trinajstić information content (AvgIpc) is 3.25. The first-order chi connectivity index (χ1) is 19.7. The number of carbonyl (C=O) groups excluding carboxylic acids is 2. The molecule has 7 rings (SSSR count). The van der Waals surface area contributed by atoms with Gasteiger partial charge < -0.3 is 24.1 Å². The highest BCUT2D eigenvalue weighted by Crippen LogP contribution is 2.46. The molecule has 4 atom stereocenters. The highest BCUT2D eigenvalue weighted by molar-refractivity contribution is 6.22. The van der Waals surface area contributed by atoms with Crippen LogP contribution in [0.25, 0.3) is 10.9 Å². The Hall–Kier alpha value is -4.81. The molecule has 1 N–H and O–H groups in total. The smallest absolute Gasteiger partial charge is 0.341 e. The van der Waals surface area contributed by atoms with Crippen molar-refractivity contribution in [1.82, 2.24) is 9.47 Å². The number of carboxylic acid groups (broad SMARTS) is 1. The summed E-state index contributed by atoms with van der Waals surface area (Å²) in [5.74, 6) is -3.61. The van der Waals surface area contributed by atoms with Crippen molar-refractivity contribution in [2.45, 2.75) is 24.7 Å². The number of aromatic nitrogens is 1. The molecule has 13 heteroatoms. The van der Waals surface area contributed by atoms with Gasteiger partial charge in [0.2, 0.25) is 5.43 Å². The van der Waals surface area contributed by atoms with Crippen LogP contribution < -0.4 is 15.1 Å². The SMILES string of the molecule is COc1c(N2CC3ON=C(CN4C(=O)c5ccccc5C4=O)C3C2)c(F)cc2c(=O)c(C(=O)O)cn([C@@H]3C[C@@H]3F)c12. The molecule has 2 unspecified atom stereocenters. The Balaban J connectivity index is 1.24. The minimum atomic E-state index is -1.50. The summed E-state index contributed by atoms with van der Waals surface area (Å²) in [6.07, 6.45) is -0.557. The van der Waals surface area contributed by atoms with Gasteiger partial charge in [0.25, 0.3) is 11.8 Å². The fourth-order valence-electron chi connectivity index (χ4n) is 6.06. The van der Waals surface area contributed by atoms with Crippen molar-refractivity contribution in [2.75, 3.05) is 31.6 Å². The third-order valence-corrected chi connectivity index (χ3v) is 8.19. The van der Waals surface area contributed by atoms with Gasteiger partial charge in [-0.25, -0.2) is 13.6 Å². The summed E-state index contributed by atoms with van der Waals surface area (Å²) in [5, 5.41) is 13.4. The van der Waals surface area contributed by atoms with E-state index in [9.17, 15) is 28.7 Å². The minimum absolute atomic E-state index is 0.00497. The number of pyridine rings is 1. The molecule has 41 heavy (non-hydrogen) atoms. The second-order valence-electron chi connectivity index (χ2n) is 10.5. The number of imide groups is 1. The second-order valence-corrected chi connectivity index (χ2v) is 10.5. The number of carboxylic acids is 1. The Morgan fingerprint density at radius 2 is 1.85 bits per heavy atom. The van der Waals surface area contributed by atoms with Gasteiger partial charge in [-0.15, -0.1) is 0 Å². The number of aromatic carboxylic acids is 1. The van der Waals surface area contributed by atoms with Crippen molar-refractivity contribution in [3.05, 3.63) is 69.3 Å². The number of nitrogens with zero attached hydrogens (tertiary/aromatic N) is 4. The van der Waals surface area contributed by atoms with Gasteiger partial charge >= 0.3 is 5.97 Å². The van der Waals surface area contributed by atoms with Crippen LogP contribution in [0.1, 0.15) is 43.5 Å². The van der Waals surface area contributed by atoms with Crippen LogP contribution in [0.4, 0.5) is 14.5 Å². The van der Waals surface area contributed by atoms with Crippen LogP contribution in [0.3, 0.4) is 0 Å². The van der Waals surface area contributed by atoms with Gasteiger partial charge in [-0.05, 0) is 18.2 Å². The molecule has 1 aromatic heterocycles. The van der Waals surface area contributed by atoms with Crippen molar-refractivity contribution in [3.8, 4) is 5.75 Å². The maximum atomic E-state index is 15.8. The number of rotatable bonds is 6. The highest BCUT2D eigenvalue weighted by Gasteiger charge is 2.47. The van der Waals surface area contributed by atoms with Gasteiger partial charge in [-0.1, -0.05) is 17.3 Å². The molecule has 11 nitrogen and oxygen atoms in total. The molecule has 3 aromatic rings. The first-order valence-corrected chi connectivity index (χ1v) is 12.9. The van der Waals surface area contributed by atoms with E-state index in [2.05, 4.69) is 5.16 Å². The maximum absolute atomic E-state index is 15.8. The number of amides is 2. The Morgan fingerprint density at radius 1 is 1.17 bits per heavy atom. The third-order valence-electron chi connectivity index (χ3n) is 8.19. The van der Waals surface area contributed by atoms with E-state index in [1.165, 1.54) is 11.7 Å². The normalized spacial score (nSPS) is 24.4. The molecule has 4 aliphatic rings. The number of benzene rings is 2. The number of hydrogen-bond donors (Lipinski definition) is 1. The zero-order valence-corrected chi connectivity index (χ0v) is 21.5. The number of oxime groups is 1. The first kappa shape index (κ1) is 25.2. The van der Waals surface area contributed by atoms with Crippen molar-refractivity contribution < 1.29 is 37.8 Å². The van der Waals surface area contributed by atoms with Crippen molar-refractivity contribution in [3.63, 3.8) is 0 Å². The van der Waals surface area contributed by atoms with Crippen molar-refractivity contribution >= 4 is 40.1 Å². The summed E-state index contributed by atoms with van der Waals surface area (Å²) in [5.41, 5.74) is -0.314. The van der Waals surface area contributed by atoms with E-state index in [4.69, 9.17) is 9.57 Å². The predicted molar refractivity (Wildman–Crippen MR) is 140 cm³/mol. The Bertz CT molecular complexity index is 1750. The first-order valence-electron chi connectivity index (χ1n) is 12.9. The topological polar surface area (TPSA) is 131 Å². The molecule has 1 saturated heterocycles. The van der Waals surface area contributed by atoms with Gasteiger partial charge in [0.1, 0.15) is 17.4 Å². The summed E-state index contributed by atoms with van der Waals surface area (Å²) in [6.45, 7) is 0.277. The Morgan fingerprint density at radius 3 is 2.46 bits per heavy atom. The van der Waals surface area contributed by atoms with Crippen LogP contribution >= 0.6 is 0 Å². The van der Waals surface area contributed by atoms with Crippen LogP contribution in [-0.2, 0) is 4.84 Å². The molecule has 1 saturated carbocycles. The monoisotopic (exact) mass is 564 g/mol. The standard InChI is InChI=1S/C28H22F2N4O7/c1-40-25-22-14(24(35)16(28(38)39)9-33(22)20-7-17(20)29)6-18(30)23(25)32-8-15-19(31-41-21(15)11-32)10-34-26(36)12-4-2-3-5-13(12)27(34)37/h2-6,9,15,17,20-21H,7-8,10-11H2,1H3,(H,38,39)/t15?,17-,20+,21?/m0/s1. The lowest BCUT2D eigenvalue weighted by Gasteiger charge is -2.25. The fraction of sp³-hybridized carbons (Fsp3) is 0.321. The van der Waals surface area contributed by atoms with Gasteiger partial charge in [-0.2, -0.15) is 0 Å². The number of carbonyl (C=O) groups is 3. The number of anilines is 1. The number of methoxy groups -OCH3 is 1. The van der Waals surface area contributed by atoms with Crippen LogP contribution in [-0.4, -0.2) is 77.1 Å². The van der Waals surface area contributed by atoms with E-state index < -0.39 is 52.9 Å². The second kappa shape index (κ2) is 8.85. The van der Waals surface area contributed by atoms with E-state index in [1.807, 2.05) is 0 Å². The zero-order chi connectivity index (χ0) is 28.7. The van der Waals surface area contributed by atoms with Crippen LogP contribution in [0.5, 0.6) is 5.75 Å². The van der Waals surface area contributed by atoms with Gasteiger partial charge in [0, 0.05) is 19.2 Å². The van der Waals surface area contributed by atoms with Gasteiger partial charge in [0.15, 0.2) is 17.7 Å². The number of ether oxygens (including phenoxy) is 1. The molecule has 0 bridgehead atoms.